The standard InChI is InChI=1S/C27H33NO4/c1-8-9-16-30-26-17-19(2)27(20(3)18-26)32-22(5)11-10-21(4)31-25-14-12-24(13-15-25)23(6)28-29-7/h8-9,12-15,17-18,21-22H,16H2,1-7H3/b9-8+,28-23-. The minimum absolute atomic E-state index is 0.273. The second-order valence-corrected chi connectivity index (χ2v) is 7.46. The number of rotatable bonds is 9. The Morgan fingerprint density at radius 3 is 2.12 bits per heavy atom. The Balaban J connectivity index is 1.97. The summed E-state index contributed by atoms with van der Waals surface area (Å²) in [6.07, 6.45) is 3.39. The van der Waals surface area contributed by atoms with Gasteiger partial charge in [-0.2, -0.15) is 0 Å². The molecule has 170 valence electrons. The first-order valence-corrected chi connectivity index (χ1v) is 10.7. The molecule has 0 aromatic heterocycles. The molecule has 5 nitrogen and oxygen atoms in total. The molecule has 0 N–H and O–H groups in total. The van der Waals surface area contributed by atoms with Crippen molar-refractivity contribution in [2.45, 2.75) is 53.8 Å². The molecule has 0 aliphatic carbocycles. The smallest absolute Gasteiger partial charge is 0.156 e. The molecule has 2 rings (SSSR count). The van der Waals surface area contributed by atoms with Crippen molar-refractivity contribution in [1.29, 1.82) is 0 Å². The van der Waals surface area contributed by atoms with Crippen LogP contribution >= 0.6 is 0 Å². The van der Waals surface area contributed by atoms with Crippen LogP contribution in [0.15, 0.2) is 53.7 Å². The molecular formula is C27H33NO4. The molecule has 0 fully saturated rings. The topological polar surface area (TPSA) is 49.3 Å². The third-order valence-corrected chi connectivity index (χ3v) is 4.61. The van der Waals surface area contributed by atoms with Crippen LogP contribution in [0.5, 0.6) is 17.2 Å². The van der Waals surface area contributed by atoms with Crippen LogP contribution in [0.4, 0.5) is 0 Å². The first-order valence-electron chi connectivity index (χ1n) is 10.7. The number of ether oxygens (including phenoxy) is 3. The van der Waals surface area contributed by atoms with E-state index in [4.69, 9.17) is 19.0 Å². The van der Waals surface area contributed by atoms with E-state index in [9.17, 15) is 0 Å². The average molecular weight is 436 g/mol. The number of allylic oxidation sites excluding steroid dienone is 1. The number of hydrogen-bond donors (Lipinski definition) is 0. The molecule has 0 spiro atoms. The fraction of sp³-hybridized carbons (Fsp3) is 0.370. The maximum atomic E-state index is 6.10. The Labute approximate surface area is 192 Å². The maximum absolute atomic E-state index is 6.10. The number of oxime groups is 1. The van der Waals surface area contributed by atoms with Crippen molar-refractivity contribution in [2.24, 2.45) is 5.16 Å². The van der Waals surface area contributed by atoms with Crippen LogP contribution in [0.25, 0.3) is 0 Å². The molecule has 0 heterocycles. The van der Waals surface area contributed by atoms with Gasteiger partial charge in [-0.05, 0) is 94.6 Å². The lowest BCUT2D eigenvalue weighted by atomic mass is 10.1. The van der Waals surface area contributed by atoms with E-state index in [1.807, 2.05) is 90.1 Å². The molecule has 0 radical (unpaired) electrons. The van der Waals surface area contributed by atoms with Crippen LogP contribution < -0.4 is 14.2 Å². The molecule has 5 heteroatoms. The van der Waals surface area contributed by atoms with Gasteiger partial charge < -0.3 is 19.0 Å². The molecule has 0 aliphatic rings. The first kappa shape index (κ1) is 24.9. The predicted octanol–water partition coefficient (Wildman–Crippen LogP) is 5.87. The summed E-state index contributed by atoms with van der Waals surface area (Å²) >= 11 is 0. The molecule has 0 aliphatic heterocycles. The van der Waals surface area contributed by atoms with Crippen LogP contribution in [-0.2, 0) is 4.84 Å². The molecule has 2 unspecified atom stereocenters. The van der Waals surface area contributed by atoms with E-state index >= 15 is 0 Å². The van der Waals surface area contributed by atoms with Gasteiger partial charge in [0, 0.05) is 0 Å². The summed E-state index contributed by atoms with van der Waals surface area (Å²) < 4.78 is 17.7. The van der Waals surface area contributed by atoms with Crippen LogP contribution in [0.3, 0.4) is 0 Å². The minimum atomic E-state index is -0.275. The first-order chi connectivity index (χ1) is 15.3. The second-order valence-electron chi connectivity index (χ2n) is 7.46. The molecular weight excluding hydrogens is 402 g/mol. The van der Waals surface area contributed by atoms with Crippen molar-refractivity contribution in [3.8, 4) is 29.1 Å². The lowest BCUT2D eigenvalue weighted by Crippen LogP contribution is -2.14. The van der Waals surface area contributed by atoms with E-state index in [2.05, 4.69) is 17.0 Å². The largest absolute Gasteiger partial charge is 0.490 e. The highest BCUT2D eigenvalue weighted by Crippen LogP contribution is 2.29. The van der Waals surface area contributed by atoms with Gasteiger partial charge >= 0.3 is 0 Å². The number of benzene rings is 2. The Morgan fingerprint density at radius 2 is 1.56 bits per heavy atom. The summed E-state index contributed by atoms with van der Waals surface area (Å²) in [4.78, 5) is 4.81. The van der Waals surface area contributed by atoms with E-state index in [-0.39, 0.29) is 12.2 Å². The molecule has 2 atom stereocenters. The zero-order valence-electron chi connectivity index (χ0n) is 20.1. The lowest BCUT2D eigenvalue weighted by Gasteiger charge is -2.16. The van der Waals surface area contributed by atoms with Gasteiger partial charge in [-0.25, -0.2) is 0 Å². The Hall–Kier alpha value is -3.39. The number of hydrogen-bond acceptors (Lipinski definition) is 5. The van der Waals surface area contributed by atoms with Gasteiger partial charge in [0.05, 0.1) is 5.71 Å². The van der Waals surface area contributed by atoms with Crippen LogP contribution in [0.2, 0.25) is 0 Å². The van der Waals surface area contributed by atoms with E-state index in [1.54, 1.807) is 0 Å². The van der Waals surface area contributed by atoms with Crippen molar-refractivity contribution < 1.29 is 19.0 Å². The van der Waals surface area contributed by atoms with Crippen molar-refractivity contribution in [2.75, 3.05) is 13.7 Å². The predicted molar refractivity (Wildman–Crippen MR) is 130 cm³/mol. The zero-order chi connectivity index (χ0) is 23.5. The molecule has 0 saturated carbocycles. The van der Waals surface area contributed by atoms with Gasteiger partial charge in [0.25, 0.3) is 0 Å². The van der Waals surface area contributed by atoms with E-state index in [0.717, 1.165) is 39.7 Å². The summed E-state index contributed by atoms with van der Waals surface area (Å²) in [5, 5.41) is 3.93. The van der Waals surface area contributed by atoms with Gasteiger partial charge in [0.1, 0.15) is 31.0 Å². The van der Waals surface area contributed by atoms with Crippen molar-refractivity contribution >= 4 is 5.71 Å². The van der Waals surface area contributed by atoms with Crippen LogP contribution in [0, 0.1) is 25.7 Å². The SMILES string of the molecule is C/C=C/COc1cc(C)c(OC(C)C#CC(C)Oc2ccc(/C(C)=N\OC)cc2)c(C)c1. The second kappa shape index (κ2) is 12.5. The Bertz CT molecular complexity index is 974. The van der Waals surface area contributed by atoms with Crippen molar-refractivity contribution in [3.63, 3.8) is 0 Å². The summed E-state index contributed by atoms with van der Waals surface area (Å²) in [6.45, 7) is 12.3. The van der Waals surface area contributed by atoms with Crippen molar-refractivity contribution in [3.05, 3.63) is 65.2 Å². The highest BCUT2D eigenvalue weighted by atomic mass is 16.6. The molecule has 0 saturated heterocycles. The third-order valence-electron chi connectivity index (χ3n) is 4.61. The van der Waals surface area contributed by atoms with Gasteiger partial charge in [-0.15, -0.1) is 0 Å². The summed E-state index contributed by atoms with van der Waals surface area (Å²) in [6, 6.07) is 11.7. The minimum Gasteiger partial charge on any atom is -0.490 e. The molecule has 0 bridgehead atoms. The molecule has 2 aromatic rings. The summed E-state index contributed by atoms with van der Waals surface area (Å²) in [5.41, 5.74) is 3.82. The van der Waals surface area contributed by atoms with Gasteiger partial charge in [-0.3, -0.25) is 0 Å². The maximum Gasteiger partial charge on any atom is 0.156 e. The number of nitrogens with zero attached hydrogens (tertiary/aromatic N) is 1. The number of aryl methyl sites for hydroxylation is 2. The van der Waals surface area contributed by atoms with E-state index in [1.165, 1.54) is 7.11 Å². The highest BCUT2D eigenvalue weighted by Gasteiger charge is 2.10. The average Bonchev–Trinajstić information content (AvgIpc) is 2.76. The van der Waals surface area contributed by atoms with Crippen molar-refractivity contribution in [1.82, 2.24) is 0 Å². The third kappa shape index (κ3) is 7.70. The quantitative estimate of drug-likeness (QED) is 0.214. The van der Waals surface area contributed by atoms with Crippen LogP contribution in [-0.4, -0.2) is 31.6 Å². The molecule has 0 amide bonds. The Kier molecular flexibility index (Phi) is 9.69. The van der Waals surface area contributed by atoms with E-state index < -0.39 is 0 Å². The Morgan fingerprint density at radius 1 is 0.969 bits per heavy atom. The lowest BCUT2D eigenvalue weighted by molar-refractivity contribution is 0.213. The summed E-state index contributed by atoms with van der Waals surface area (Å²) in [5.74, 6) is 8.67. The summed E-state index contributed by atoms with van der Waals surface area (Å²) in [7, 11) is 1.53. The highest BCUT2D eigenvalue weighted by molar-refractivity contribution is 5.98. The monoisotopic (exact) mass is 435 g/mol. The fourth-order valence-corrected chi connectivity index (χ4v) is 3.06. The zero-order valence-corrected chi connectivity index (χ0v) is 20.1. The van der Waals surface area contributed by atoms with Crippen LogP contribution in [0.1, 0.15) is 44.4 Å². The molecule has 32 heavy (non-hydrogen) atoms. The van der Waals surface area contributed by atoms with Gasteiger partial charge in [0.15, 0.2) is 12.2 Å². The fourth-order valence-electron chi connectivity index (χ4n) is 3.06. The van der Waals surface area contributed by atoms with Gasteiger partial charge in [0.2, 0.25) is 0 Å². The molecule has 2 aromatic carbocycles. The normalized spacial score (nSPS) is 13.2. The van der Waals surface area contributed by atoms with E-state index in [0.29, 0.717) is 6.61 Å². The van der Waals surface area contributed by atoms with Gasteiger partial charge in [-0.1, -0.05) is 29.1 Å².